The molecule has 3 nitrogen and oxygen atoms in total. The van der Waals surface area contributed by atoms with Crippen molar-refractivity contribution in [3.05, 3.63) is 59.4 Å². The highest BCUT2D eigenvalue weighted by Gasteiger charge is 2.04. The summed E-state index contributed by atoms with van der Waals surface area (Å²) >= 11 is 4.22. The van der Waals surface area contributed by atoms with Gasteiger partial charge in [-0.25, -0.2) is 0 Å². The topological polar surface area (TPSA) is 42.0 Å². The normalized spacial score (nSPS) is 10.2. The summed E-state index contributed by atoms with van der Waals surface area (Å²) in [6, 6.07) is 9.54. The molecule has 19 heavy (non-hydrogen) atoms. The maximum absolute atomic E-state index is 11.8. The first-order valence-electron chi connectivity index (χ1n) is 6.09. The van der Waals surface area contributed by atoms with E-state index in [1.165, 1.54) is 0 Å². The number of nitrogens with zero attached hydrogens (tertiary/aromatic N) is 1. The molecule has 0 bridgehead atoms. The highest BCUT2D eigenvalue weighted by atomic mass is 32.1. The van der Waals surface area contributed by atoms with E-state index >= 15 is 0 Å². The molecule has 0 spiro atoms. The Hall–Kier alpha value is -1.81. The summed E-state index contributed by atoms with van der Waals surface area (Å²) in [5.74, 6) is 0.00941. The van der Waals surface area contributed by atoms with E-state index in [0.29, 0.717) is 13.0 Å². The first-order chi connectivity index (χ1) is 9.15. The number of carbonyl (C=O) groups excluding carboxylic acids is 1. The zero-order valence-corrected chi connectivity index (χ0v) is 11.7. The SMILES string of the molecule is Cc1ccncc1CNC(=O)Cc1ccc(S)cc1. The van der Waals surface area contributed by atoms with Crippen molar-refractivity contribution in [2.24, 2.45) is 0 Å². The highest BCUT2D eigenvalue weighted by Crippen LogP contribution is 2.08. The molecule has 1 aromatic carbocycles. The number of aryl methyl sites for hydroxylation is 1. The Bertz CT molecular complexity index is 567. The third-order valence-corrected chi connectivity index (χ3v) is 3.22. The van der Waals surface area contributed by atoms with Gasteiger partial charge in [-0.1, -0.05) is 12.1 Å². The van der Waals surface area contributed by atoms with Gasteiger partial charge in [-0.2, -0.15) is 0 Å². The van der Waals surface area contributed by atoms with E-state index in [2.05, 4.69) is 22.9 Å². The quantitative estimate of drug-likeness (QED) is 0.840. The average molecular weight is 272 g/mol. The van der Waals surface area contributed by atoms with Crippen molar-refractivity contribution in [2.75, 3.05) is 0 Å². The van der Waals surface area contributed by atoms with Crippen LogP contribution in [0.1, 0.15) is 16.7 Å². The number of amides is 1. The Balaban J connectivity index is 1.88. The van der Waals surface area contributed by atoms with Gasteiger partial charge in [-0.3, -0.25) is 9.78 Å². The van der Waals surface area contributed by atoms with Crippen LogP contribution in [0.15, 0.2) is 47.6 Å². The Morgan fingerprint density at radius 3 is 2.68 bits per heavy atom. The van der Waals surface area contributed by atoms with Crippen molar-refractivity contribution in [1.29, 1.82) is 0 Å². The molecule has 0 saturated heterocycles. The molecule has 0 unspecified atom stereocenters. The molecule has 0 radical (unpaired) electrons. The van der Waals surface area contributed by atoms with Gasteiger partial charge in [-0.05, 0) is 41.8 Å². The number of pyridine rings is 1. The molecule has 0 aliphatic heterocycles. The molecule has 2 aromatic rings. The minimum Gasteiger partial charge on any atom is -0.352 e. The van der Waals surface area contributed by atoms with Crippen LogP contribution in [0.2, 0.25) is 0 Å². The molecule has 0 fully saturated rings. The molecule has 0 aliphatic carbocycles. The molecule has 0 atom stereocenters. The summed E-state index contributed by atoms with van der Waals surface area (Å²) < 4.78 is 0. The van der Waals surface area contributed by atoms with E-state index in [1.54, 1.807) is 12.4 Å². The summed E-state index contributed by atoms with van der Waals surface area (Å²) in [7, 11) is 0. The van der Waals surface area contributed by atoms with Crippen molar-refractivity contribution in [1.82, 2.24) is 10.3 Å². The van der Waals surface area contributed by atoms with Crippen LogP contribution in [0.25, 0.3) is 0 Å². The highest BCUT2D eigenvalue weighted by molar-refractivity contribution is 7.80. The summed E-state index contributed by atoms with van der Waals surface area (Å²) in [6.07, 6.45) is 3.92. The first-order valence-corrected chi connectivity index (χ1v) is 6.54. The summed E-state index contributed by atoms with van der Waals surface area (Å²) in [5, 5.41) is 2.90. The fourth-order valence-electron chi connectivity index (χ4n) is 1.74. The van der Waals surface area contributed by atoms with Crippen LogP contribution < -0.4 is 5.32 Å². The zero-order valence-electron chi connectivity index (χ0n) is 10.8. The standard InChI is InChI=1S/C15H16N2OS/c1-11-6-7-16-9-13(11)10-17-15(18)8-12-2-4-14(19)5-3-12/h2-7,9,19H,8,10H2,1H3,(H,17,18). The molecule has 4 heteroatoms. The third-order valence-electron chi connectivity index (χ3n) is 2.92. The van der Waals surface area contributed by atoms with Gasteiger partial charge < -0.3 is 5.32 Å². The van der Waals surface area contributed by atoms with E-state index < -0.39 is 0 Å². The van der Waals surface area contributed by atoms with E-state index in [1.807, 2.05) is 37.3 Å². The molecular formula is C15H16N2OS. The van der Waals surface area contributed by atoms with Crippen LogP contribution >= 0.6 is 12.6 Å². The lowest BCUT2D eigenvalue weighted by Crippen LogP contribution is -2.24. The van der Waals surface area contributed by atoms with Crippen LogP contribution in [0.5, 0.6) is 0 Å². The van der Waals surface area contributed by atoms with Gasteiger partial charge >= 0.3 is 0 Å². The average Bonchev–Trinajstić information content (AvgIpc) is 2.40. The molecule has 2 rings (SSSR count). The molecule has 98 valence electrons. The van der Waals surface area contributed by atoms with E-state index in [4.69, 9.17) is 0 Å². The van der Waals surface area contributed by atoms with Crippen molar-refractivity contribution in [3.8, 4) is 0 Å². The number of rotatable bonds is 4. The van der Waals surface area contributed by atoms with Gasteiger partial charge in [0.2, 0.25) is 5.91 Å². The van der Waals surface area contributed by atoms with Crippen molar-refractivity contribution >= 4 is 18.5 Å². The van der Waals surface area contributed by atoms with Gasteiger partial charge in [0.05, 0.1) is 6.42 Å². The van der Waals surface area contributed by atoms with Crippen LogP contribution in [-0.4, -0.2) is 10.9 Å². The van der Waals surface area contributed by atoms with E-state index in [0.717, 1.165) is 21.6 Å². The number of benzene rings is 1. The maximum atomic E-state index is 11.8. The predicted molar refractivity (Wildman–Crippen MR) is 78.2 cm³/mol. The van der Waals surface area contributed by atoms with Crippen LogP contribution in [0.3, 0.4) is 0 Å². The molecule has 1 aromatic heterocycles. The summed E-state index contributed by atoms with van der Waals surface area (Å²) in [5.41, 5.74) is 3.16. The molecule has 1 N–H and O–H groups in total. The zero-order chi connectivity index (χ0) is 13.7. The second-order valence-corrected chi connectivity index (χ2v) is 4.94. The number of carbonyl (C=O) groups is 1. The maximum Gasteiger partial charge on any atom is 0.224 e. The third kappa shape index (κ3) is 4.10. The number of nitrogens with one attached hydrogen (secondary N) is 1. The largest absolute Gasteiger partial charge is 0.352 e. The Kier molecular flexibility index (Phi) is 4.58. The minimum absolute atomic E-state index is 0.00941. The lowest BCUT2D eigenvalue weighted by molar-refractivity contribution is -0.120. The van der Waals surface area contributed by atoms with Gasteiger partial charge in [0, 0.05) is 23.8 Å². The van der Waals surface area contributed by atoms with E-state index in [-0.39, 0.29) is 5.91 Å². The van der Waals surface area contributed by atoms with Crippen LogP contribution in [-0.2, 0) is 17.8 Å². The lowest BCUT2D eigenvalue weighted by Gasteiger charge is -2.07. The van der Waals surface area contributed by atoms with Gasteiger partial charge in [0.15, 0.2) is 0 Å². The number of hydrogen-bond donors (Lipinski definition) is 2. The van der Waals surface area contributed by atoms with E-state index in [9.17, 15) is 4.79 Å². The molecule has 1 amide bonds. The Morgan fingerprint density at radius 1 is 1.26 bits per heavy atom. The minimum atomic E-state index is 0.00941. The summed E-state index contributed by atoms with van der Waals surface area (Å²) in [4.78, 5) is 16.8. The molecule has 0 aliphatic rings. The number of hydrogen-bond acceptors (Lipinski definition) is 3. The Labute approximate surface area is 118 Å². The summed E-state index contributed by atoms with van der Waals surface area (Å²) in [6.45, 7) is 2.53. The van der Waals surface area contributed by atoms with Gasteiger partial charge in [0.1, 0.15) is 0 Å². The fraction of sp³-hybridized carbons (Fsp3) is 0.200. The molecular weight excluding hydrogens is 256 g/mol. The monoisotopic (exact) mass is 272 g/mol. The second-order valence-electron chi connectivity index (χ2n) is 4.42. The molecule has 0 saturated carbocycles. The lowest BCUT2D eigenvalue weighted by atomic mass is 10.1. The van der Waals surface area contributed by atoms with Gasteiger partial charge in [0.25, 0.3) is 0 Å². The predicted octanol–water partition coefficient (Wildman–Crippen LogP) is 2.54. The van der Waals surface area contributed by atoms with Gasteiger partial charge in [-0.15, -0.1) is 12.6 Å². The second kappa shape index (κ2) is 6.38. The Morgan fingerprint density at radius 2 is 2.00 bits per heavy atom. The number of thiol groups is 1. The fourth-order valence-corrected chi connectivity index (χ4v) is 1.89. The smallest absolute Gasteiger partial charge is 0.224 e. The first kappa shape index (κ1) is 13.6. The van der Waals surface area contributed by atoms with Crippen molar-refractivity contribution < 1.29 is 4.79 Å². The van der Waals surface area contributed by atoms with Crippen molar-refractivity contribution in [3.63, 3.8) is 0 Å². The van der Waals surface area contributed by atoms with Crippen LogP contribution in [0, 0.1) is 6.92 Å². The van der Waals surface area contributed by atoms with Crippen LogP contribution in [0.4, 0.5) is 0 Å². The molecule has 1 heterocycles. The van der Waals surface area contributed by atoms with Crippen molar-refractivity contribution in [2.45, 2.75) is 24.8 Å². The number of aromatic nitrogens is 1.